The molecule has 0 amide bonds. The highest BCUT2D eigenvalue weighted by atomic mass is 16.5. The zero-order valence-electron chi connectivity index (χ0n) is 8.70. The van der Waals surface area contributed by atoms with Crippen LogP contribution >= 0.6 is 0 Å². The Morgan fingerprint density at radius 3 is 3.00 bits per heavy atom. The first kappa shape index (κ1) is 10.8. The first-order chi connectivity index (χ1) is 6.86. The van der Waals surface area contributed by atoms with Crippen LogP contribution in [0.2, 0.25) is 0 Å². The quantitative estimate of drug-likeness (QED) is 0.686. The van der Waals surface area contributed by atoms with Gasteiger partial charge in [-0.1, -0.05) is 31.2 Å². The molecule has 0 N–H and O–H groups in total. The topological polar surface area (TPSA) is 9.23 Å². The number of hydrogen-bond acceptors (Lipinski definition) is 1. The summed E-state index contributed by atoms with van der Waals surface area (Å²) in [6, 6.07) is 8.10. The maximum atomic E-state index is 5.41. The normalized spacial score (nSPS) is 10.7. The van der Waals surface area contributed by atoms with Gasteiger partial charge in [-0.15, -0.1) is 0 Å². The zero-order chi connectivity index (χ0) is 10.2. The average Bonchev–Trinajstić information content (AvgIpc) is 2.19. The van der Waals surface area contributed by atoms with Gasteiger partial charge >= 0.3 is 0 Å². The fourth-order valence-corrected chi connectivity index (χ4v) is 1.21. The summed E-state index contributed by atoms with van der Waals surface area (Å²) in [7, 11) is 0. The van der Waals surface area contributed by atoms with E-state index >= 15 is 0 Å². The Bertz CT molecular complexity index is 289. The van der Waals surface area contributed by atoms with Crippen LogP contribution in [0.3, 0.4) is 0 Å². The first-order valence-corrected chi connectivity index (χ1v) is 5.05. The van der Waals surface area contributed by atoms with E-state index in [4.69, 9.17) is 4.74 Å². The standard InChI is InChI=1S/C13H17O/c1-3-5-6-8-12-9-7-10-13(11-12)14-4-2/h6-11H,1,3-5H2,2H3/b8-6+. The van der Waals surface area contributed by atoms with Crippen molar-refractivity contribution < 1.29 is 4.74 Å². The van der Waals surface area contributed by atoms with Gasteiger partial charge in [0.05, 0.1) is 6.61 Å². The van der Waals surface area contributed by atoms with E-state index in [1.807, 2.05) is 25.1 Å². The van der Waals surface area contributed by atoms with E-state index < -0.39 is 0 Å². The molecule has 0 fully saturated rings. The molecule has 14 heavy (non-hydrogen) atoms. The predicted octanol–water partition coefficient (Wildman–Crippen LogP) is 3.71. The zero-order valence-corrected chi connectivity index (χ0v) is 8.70. The highest BCUT2D eigenvalue weighted by Gasteiger charge is 1.91. The minimum absolute atomic E-state index is 0.714. The minimum atomic E-state index is 0.714. The summed E-state index contributed by atoms with van der Waals surface area (Å²) in [6.07, 6.45) is 6.21. The highest BCUT2D eigenvalue weighted by Crippen LogP contribution is 2.14. The molecule has 0 saturated heterocycles. The van der Waals surface area contributed by atoms with Crippen molar-refractivity contribution in [2.24, 2.45) is 0 Å². The molecule has 0 bridgehead atoms. The molecular formula is C13H17O. The average molecular weight is 189 g/mol. The van der Waals surface area contributed by atoms with Gasteiger partial charge in [0.25, 0.3) is 0 Å². The van der Waals surface area contributed by atoms with Crippen molar-refractivity contribution in [3.63, 3.8) is 0 Å². The Balaban J connectivity index is 2.63. The van der Waals surface area contributed by atoms with Gasteiger partial charge in [0.2, 0.25) is 0 Å². The fraction of sp³-hybridized carbons (Fsp3) is 0.308. The Morgan fingerprint density at radius 2 is 2.29 bits per heavy atom. The van der Waals surface area contributed by atoms with Crippen molar-refractivity contribution in [1.82, 2.24) is 0 Å². The van der Waals surface area contributed by atoms with Crippen LogP contribution in [-0.2, 0) is 0 Å². The number of hydrogen-bond donors (Lipinski definition) is 0. The Labute approximate surface area is 86.4 Å². The summed E-state index contributed by atoms with van der Waals surface area (Å²) in [4.78, 5) is 0. The van der Waals surface area contributed by atoms with E-state index in [9.17, 15) is 0 Å². The molecular weight excluding hydrogens is 172 g/mol. The molecule has 1 aromatic rings. The third kappa shape index (κ3) is 3.65. The van der Waals surface area contributed by atoms with E-state index in [0.717, 1.165) is 18.6 Å². The lowest BCUT2D eigenvalue weighted by atomic mass is 10.2. The summed E-state index contributed by atoms with van der Waals surface area (Å²) in [5.41, 5.74) is 1.18. The molecule has 75 valence electrons. The molecule has 0 atom stereocenters. The van der Waals surface area contributed by atoms with Gasteiger partial charge in [-0.2, -0.15) is 0 Å². The second-order valence-electron chi connectivity index (χ2n) is 3.05. The van der Waals surface area contributed by atoms with Crippen molar-refractivity contribution in [3.05, 3.63) is 42.8 Å². The lowest BCUT2D eigenvalue weighted by Crippen LogP contribution is -1.90. The highest BCUT2D eigenvalue weighted by molar-refractivity contribution is 5.51. The molecule has 0 unspecified atom stereocenters. The summed E-state index contributed by atoms with van der Waals surface area (Å²) in [6.45, 7) is 6.49. The maximum absolute atomic E-state index is 5.41. The van der Waals surface area contributed by atoms with Gasteiger partial charge in [-0.3, -0.25) is 0 Å². The van der Waals surface area contributed by atoms with Gasteiger partial charge in [-0.05, 0) is 37.5 Å². The number of allylic oxidation sites excluding steroid dienone is 1. The summed E-state index contributed by atoms with van der Waals surface area (Å²) < 4.78 is 5.41. The molecule has 0 aliphatic carbocycles. The lowest BCUT2D eigenvalue weighted by molar-refractivity contribution is 0.340. The monoisotopic (exact) mass is 189 g/mol. The van der Waals surface area contributed by atoms with Gasteiger partial charge in [0.1, 0.15) is 5.75 Å². The van der Waals surface area contributed by atoms with Crippen LogP contribution in [0.1, 0.15) is 25.3 Å². The van der Waals surface area contributed by atoms with E-state index in [0.29, 0.717) is 6.61 Å². The van der Waals surface area contributed by atoms with Crippen LogP contribution in [0.4, 0.5) is 0 Å². The Hall–Kier alpha value is -1.24. The molecule has 0 aliphatic rings. The minimum Gasteiger partial charge on any atom is -0.494 e. The van der Waals surface area contributed by atoms with Crippen molar-refractivity contribution in [1.29, 1.82) is 0 Å². The Kier molecular flexibility index (Phi) is 4.84. The Morgan fingerprint density at radius 1 is 1.43 bits per heavy atom. The third-order valence-electron chi connectivity index (χ3n) is 1.85. The van der Waals surface area contributed by atoms with Crippen molar-refractivity contribution >= 4 is 6.08 Å². The molecule has 0 heterocycles. The van der Waals surface area contributed by atoms with E-state index in [2.05, 4.69) is 25.1 Å². The van der Waals surface area contributed by atoms with Crippen molar-refractivity contribution in [2.75, 3.05) is 6.61 Å². The van der Waals surface area contributed by atoms with E-state index in [1.54, 1.807) is 0 Å². The predicted molar refractivity (Wildman–Crippen MR) is 61.2 cm³/mol. The first-order valence-electron chi connectivity index (χ1n) is 5.05. The van der Waals surface area contributed by atoms with Gasteiger partial charge in [-0.25, -0.2) is 0 Å². The lowest BCUT2D eigenvalue weighted by Gasteiger charge is -2.02. The summed E-state index contributed by atoms with van der Waals surface area (Å²) in [5, 5.41) is 0. The van der Waals surface area contributed by atoms with Crippen LogP contribution < -0.4 is 4.74 Å². The summed E-state index contributed by atoms with van der Waals surface area (Å²) >= 11 is 0. The largest absolute Gasteiger partial charge is 0.494 e. The van der Waals surface area contributed by atoms with Crippen LogP contribution in [0, 0.1) is 6.92 Å². The van der Waals surface area contributed by atoms with Crippen LogP contribution in [0.15, 0.2) is 30.3 Å². The van der Waals surface area contributed by atoms with Gasteiger partial charge < -0.3 is 4.74 Å². The molecule has 1 nitrogen and oxygen atoms in total. The molecule has 0 aromatic heterocycles. The molecule has 1 radical (unpaired) electrons. The third-order valence-corrected chi connectivity index (χ3v) is 1.85. The van der Waals surface area contributed by atoms with E-state index in [-0.39, 0.29) is 0 Å². The van der Waals surface area contributed by atoms with E-state index in [1.165, 1.54) is 5.56 Å². The number of unbranched alkanes of at least 4 members (excludes halogenated alkanes) is 1. The van der Waals surface area contributed by atoms with Crippen molar-refractivity contribution in [3.8, 4) is 5.75 Å². The number of rotatable bonds is 5. The van der Waals surface area contributed by atoms with Crippen LogP contribution in [0.5, 0.6) is 5.75 Å². The number of ether oxygens (including phenoxy) is 1. The molecule has 0 aliphatic heterocycles. The van der Waals surface area contributed by atoms with Crippen LogP contribution in [-0.4, -0.2) is 6.61 Å². The summed E-state index contributed by atoms with van der Waals surface area (Å²) in [5.74, 6) is 0.935. The fourth-order valence-electron chi connectivity index (χ4n) is 1.21. The molecule has 1 rings (SSSR count). The van der Waals surface area contributed by atoms with Crippen LogP contribution in [0.25, 0.3) is 6.08 Å². The molecule has 1 aromatic carbocycles. The van der Waals surface area contributed by atoms with Gasteiger partial charge in [0.15, 0.2) is 0 Å². The molecule has 1 heteroatoms. The maximum Gasteiger partial charge on any atom is 0.119 e. The SMILES string of the molecule is [CH2]CC/C=C/c1cccc(OCC)c1. The van der Waals surface area contributed by atoms with Crippen molar-refractivity contribution in [2.45, 2.75) is 19.8 Å². The second-order valence-corrected chi connectivity index (χ2v) is 3.05. The second kappa shape index (κ2) is 6.25. The molecule has 0 saturated carbocycles. The van der Waals surface area contributed by atoms with Gasteiger partial charge in [0, 0.05) is 0 Å². The number of benzene rings is 1. The molecule has 0 spiro atoms. The smallest absolute Gasteiger partial charge is 0.119 e.